The van der Waals surface area contributed by atoms with Gasteiger partial charge in [0.15, 0.2) is 0 Å². The average Bonchev–Trinajstić information content (AvgIpc) is 3.04. The van der Waals surface area contributed by atoms with Crippen LogP contribution >= 0.6 is 0 Å². The molecule has 18 nitrogen and oxygen atoms in total. The monoisotopic (exact) mass is 633 g/mol. The highest BCUT2D eigenvalue weighted by atomic mass is 16.5. The fourth-order valence-electron chi connectivity index (χ4n) is 3.40. The van der Waals surface area contributed by atoms with Crippen LogP contribution in [0.1, 0.15) is 33.1 Å². The number of nitrogens with one attached hydrogen (secondary N) is 3. The minimum Gasteiger partial charge on any atom is -0.380 e. The molecule has 0 atom stereocenters. The van der Waals surface area contributed by atoms with Crippen molar-refractivity contribution in [2.45, 2.75) is 33.1 Å². The van der Waals surface area contributed by atoms with Crippen molar-refractivity contribution in [3.8, 4) is 0 Å². The maximum Gasteiger partial charge on any atom is 0.244 e. The van der Waals surface area contributed by atoms with Crippen LogP contribution in [0.25, 0.3) is 0 Å². The van der Waals surface area contributed by atoms with Gasteiger partial charge in [0, 0.05) is 38.9 Å². The van der Waals surface area contributed by atoms with E-state index in [4.69, 9.17) is 31.4 Å². The van der Waals surface area contributed by atoms with Gasteiger partial charge in [-0.15, -0.1) is 0 Å². The standard InChI is InChI=1S/C24H45N9O9.C2H6/c25-4-10-40-7-1-19(34)28-13-22(37)31-16-32(23(38)14-29-20(35)2-8-41-11-5-26)18-33(17-31)24(39)15-30-21(36)3-9-42-12-6-27;1-2/h1-18,25-27H2,(H,28,34)(H,29,35)(H,30,36);1-2H3. The van der Waals surface area contributed by atoms with Gasteiger partial charge in [-0.05, 0) is 0 Å². The van der Waals surface area contributed by atoms with Gasteiger partial charge < -0.3 is 62.1 Å². The molecule has 1 saturated heterocycles. The third-order valence-electron chi connectivity index (χ3n) is 5.60. The summed E-state index contributed by atoms with van der Waals surface area (Å²) in [5, 5.41) is 7.44. The van der Waals surface area contributed by atoms with E-state index in [0.717, 1.165) is 0 Å². The van der Waals surface area contributed by atoms with Crippen molar-refractivity contribution >= 4 is 35.4 Å². The molecule has 0 saturated carbocycles. The lowest BCUT2D eigenvalue weighted by Gasteiger charge is -2.42. The van der Waals surface area contributed by atoms with Crippen molar-refractivity contribution in [1.82, 2.24) is 30.7 Å². The Kier molecular flexibility index (Phi) is 24.0. The summed E-state index contributed by atoms with van der Waals surface area (Å²) in [6, 6.07) is 0. The molecule has 1 heterocycles. The molecule has 0 aromatic rings. The lowest BCUT2D eigenvalue weighted by Crippen LogP contribution is -2.62. The van der Waals surface area contributed by atoms with Gasteiger partial charge in [0.05, 0.1) is 79.3 Å². The molecule has 0 radical (unpaired) electrons. The van der Waals surface area contributed by atoms with Crippen molar-refractivity contribution in [3.63, 3.8) is 0 Å². The summed E-state index contributed by atoms with van der Waals surface area (Å²) in [6.45, 7) is 4.61. The Morgan fingerprint density at radius 3 is 0.977 bits per heavy atom. The number of carbonyl (C=O) groups excluding carboxylic acids is 6. The predicted octanol–water partition coefficient (Wildman–Crippen LogP) is -4.17. The van der Waals surface area contributed by atoms with Crippen LogP contribution in [-0.4, -0.2) is 149 Å². The van der Waals surface area contributed by atoms with Gasteiger partial charge in [0.25, 0.3) is 0 Å². The third kappa shape index (κ3) is 19.0. The fourth-order valence-corrected chi connectivity index (χ4v) is 3.40. The van der Waals surface area contributed by atoms with Crippen LogP contribution in [0.4, 0.5) is 0 Å². The minimum absolute atomic E-state index is 0.0242. The van der Waals surface area contributed by atoms with Crippen LogP contribution in [0, 0.1) is 0 Å². The lowest BCUT2D eigenvalue weighted by molar-refractivity contribution is -0.158. The molecule has 0 spiro atoms. The first kappa shape index (κ1) is 40.6. The number of rotatable bonds is 21. The quantitative estimate of drug-likeness (QED) is 0.0659. The molecule has 0 bridgehead atoms. The summed E-state index contributed by atoms with van der Waals surface area (Å²) in [4.78, 5) is 78.4. The van der Waals surface area contributed by atoms with E-state index < -0.39 is 35.4 Å². The van der Waals surface area contributed by atoms with Gasteiger partial charge >= 0.3 is 0 Å². The van der Waals surface area contributed by atoms with Crippen molar-refractivity contribution in [1.29, 1.82) is 0 Å². The molecule has 44 heavy (non-hydrogen) atoms. The van der Waals surface area contributed by atoms with E-state index >= 15 is 0 Å². The zero-order valence-corrected chi connectivity index (χ0v) is 26.0. The molecule has 0 unspecified atom stereocenters. The maximum atomic E-state index is 12.9. The van der Waals surface area contributed by atoms with E-state index in [1.807, 2.05) is 13.8 Å². The summed E-state index contributed by atoms with van der Waals surface area (Å²) >= 11 is 0. The second-order valence-electron chi connectivity index (χ2n) is 9.01. The van der Waals surface area contributed by atoms with E-state index in [9.17, 15) is 28.8 Å². The van der Waals surface area contributed by atoms with Crippen LogP contribution in [-0.2, 0) is 43.0 Å². The van der Waals surface area contributed by atoms with Crippen LogP contribution in [0.3, 0.4) is 0 Å². The van der Waals surface area contributed by atoms with Crippen LogP contribution in [0.2, 0.25) is 0 Å². The van der Waals surface area contributed by atoms with Gasteiger partial charge in [-0.2, -0.15) is 0 Å². The molecule has 254 valence electrons. The van der Waals surface area contributed by atoms with E-state index in [-0.39, 0.29) is 78.7 Å². The van der Waals surface area contributed by atoms with Gasteiger partial charge in [0.2, 0.25) is 35.4 Å². The maximum absolute atomic E-state index is 12.9. The Bertz CT molecular complexity index is 765. The molecule has 0 aromatic heterocycles. The molecule has 1 aliphatic heterocycles. The Hall–Kier alpha value is -3.42. The van der Waals surface area contributed by atoms with Gasteiger partial charge in [-0.3, -0.25) is 28.8 Å². The van der Waals surface area contributed by atoms with Crippen molar-refractivity contribution in [3.05, 3.63) is 0 Å². The highest BCUT2D eigenvalue weighted by molar-refractivity contribution is 5.88. The molecule has 6 amide bonds. The summed E-state index contributed by atoms with van der Waals surface area (Å²) in [5.41, 5.74) is 16.0. The number of hydrogen-bond donors (Lipinski definition) is 6. The van der Waals surface area contributed by atoms with Crippen LogP contribution in [0.5, 0.6) is 0 Å². The Balaban J connectivity index is 0.00000904. The Morgan fingerprint density at radius 2 is 0.750 bits per heavy atom. The van der Waals surface area contributed by atoms with Gasteiger partial charge in [-0.25, -0.2) is 0 Å². The number of carbonyl (C=O) groups is 6. The van der Waals surface area contributed by atoms with Crippen molar-refractivity contribution < 1.29 is 43.0 Å². The van der Waals surface area contributed by atoms with Crippen LogP contribution < -0.4 is 33.2 Å². The fraction of sp³-hybridized carbons (Fsp3) is 0.769. The van der Waals surface area contributed by atoms with Gasteiger partial charge in [-0.1, -0.05) is 13.8 Å². The highest BCUT2D eigenvalue weighted by Crippen LogP contribution is 2.09. The number of amides is 6. The third-order valence-corrected chi connectivity index (χ3v) is 5.60. The number of ether oxygens (including phenoxy) is 3. The Labute approximate surface area is 258 Å². The molecule has 1 fully saturated rings. The smallest absolute Gasteiger partial charge is 0.244 e. The molecule has 9 N–H and O–H groups in total. The first-order valence-corrected chi connectivity index (χ1v) is 14.7. The summed E-state index contributed by atoms with van der Waals surface area (Å²) in [7, 11) is 0. The van der Waals surface area contributed by atoms with E-state index in [2.05, 4.69) is 16.0 Å². The molecule has 1 aliphatic rings. The first-order chi connectivity index (χ1) is 21.2. The minimum atomic E-state index is -0.552. The van der Waals surface area contributed by atoms with Crippen molar-refractivity contribution in [2.24, 2.45) is 17.2 Å². The Morgan fingerprint density at radius 1 is 0.500 bits per heavy atom. The van der Waals surface area contributed by atoms with E-state index in [1.165, 1.54) is 14.7 Å². The number of hydrogen-bond acceptors (Lipinski definition) is 12. The molecule has 0 aromatic carbocycles. The topological polar surface area (TPSA) is 254 Å². The van der Waals surface area contributed by atoms with E-state index in [0.29, 0.717) is 39.5 Å². The molecule has 18 heteroatoms. The number of nitrogens with zero attached hydrogens (tertiary/aromatic N) is 3. The summed E-state index contributed by atoms with van der Waals surface area (Å²) < 4.78 is 15.4. The van der Waals surface area contributed by atoms with E-state index in [1.54, 1.807) is 0 Å². The predicted molar refractivity (Wildman–Crippen MR) is 159 cm³/mol. The molecule has 1 rings (SSSR count). The van der Waals surface area contributed by atoms with Crippen molar-refractivity contribution in [2.75, 3.05) is 98.9 Å². The average molecular weight is 634 g/mol. The normalized spacial score (nSPS) is 12.6. The second-order valence-corrected chi connectivity index (χ2v) is 9.01. The lowest BCUT2D eigenvalue weighted by atomic mass is 10.3. The molecular weight excluding hydrogens is 582 g/mol. The SMILES string of the molecule is CC.NCCOCCC(=O)NCC(=O)N1CN(C(=O)CNC(=O)CCOCCN)CN(C(=O)CNC(=O)CCOCCN)C1. The molecular formula is C26H51N9O9. The zero-order valence-electron chi connectivity index (χ0n) is 26.0. The van der Waals surface area contributed by atoms with Gasteiger partial charge in [0.1, 0.15) is 0 Å². The summed E-state index contributed by atoms with van der Waals surface area (Å²) in [6.07, 6.45) is 0.0727. The molecule has 0 aliphatic carbocycles. The second kappa shape index (κ2) is 26.0. The first-order valence-electron chi connectivity index (χ1n) is 14.7. The van der Waals surface area contributed by atoms with Crippen LogP contribution in [0.15, 0.2) is 0 Å². The summed E-state index contributed by atoms with van der Waals surface area (Å²) in [5.74, 6) is -2.92. The number of nitrogens with two attached hydrogens (primary N) is 3. The highest BCUT2D eigenvalue weighted by Gasteiger charge is 2.32. The largest absolute Gasteiger partial charge is 0.380 e. The zero-order chi connectivity index (χ0) is 33.2.